The van der Waals surface area contributed by atoms with Gasteiger partial charge in [0.15, 0.2) is 5.11 Å². The molecule has 0 aliphatic carbocycles. The van der Waals surface area contributed by atoms with Crippen LogP contribution in [0.25, 0.3) is 0 Å². The average Bonchev–Trinajstić information content (AvgIpc) is 2.48. The lowest BCUT2D eigenvalue weighted by atomic mass is 10.0. The van der Waals surface area contributed by atoms with E-state index in [-0.39, 0.29) is 0 Å². The molecular formula is C9H18N2OS. The molecule has 4 heteroatoms. The number of nitrogens with one attached hydrogen (secondary N) is 2. The molecule has 0 aromatic rings. The van der Waals surface area contributed by atoms with E-state index in [0.717, 1.165) is 31.2 Å². The maximum absolute atomic E-state index is 5.45. The molecular weight excluding hydrogens is 184 g/mol. The summed E-state index contributed by atoms with van der Waals surface area (Å²) in [6, 6.07) is 0. The molecule has 1 aliphatic heterocycles. The van der Waals surface area contributed by atoms with Crippen molar-refractivity contribution in [3.8, 4) is 0 Å². The summed E-state index contributed by atoms with van der Waals surface area (Å²) < 4.78 is 5.45. The van der Waals surface area contributed by atoms with Crippen LogP contribution in [0.1, 0.15) is 20.3 Å². The molecule has 13 heavy (non-hydrogen) atoms. The first-order chi connectivity index (χ1) is 6.24. The summed E-state index contributed by atoms with van der Waals surface area (Å²) in [7, 11) is 0. The van der Waals surface area contributed by atoms with Crippen LogP contribution in [0.15, 0.2) is 0 Å². The minimum Gasteiger partial charge on any atom is -0.378 e. The number of rotatable bonds is 3. The molecule has 2 N–H and O–H groups in total. The maximum Gasteiger partial charge on any atom is 0.166 e. The molecule has 0 aromatic heterocycles. The highest BCUT2D eigenvalue weighted by atomic mass is 32.1. The van der Waals surface area contributed by atoms with E-state index >= 15 is 0 Å². The topological polar surface area (TPSA) is 33.3 Å². The molecule has 1 aliphatic rings. The minimum atomic E-state index is 0.372. The lowest BCUT2D eigenvalue weighted by Crippen LogP contribution is -2.39. The summed E-state index contributed by atoms with van der Waals surface area (Å²) in [6.45, 7) is 6.85. The molecule has 76 valence electrons. The lowest BCUT2D eigenvalue weighted by Gasteiger charge is -2.16. The predicted molar refractivity (Wildman–Crippen MR) is 57.8 cm³/mol. The van der Waals surface area contributed by atoms with Gasteiger partial charge >= 0.3 is 0 Å². The van der Waals surface area contributed by atoms with Crippen LogP contribution in [-0.4, -0.2) is 30.9 Å². The molecule has 2 unspecified atom stereocenters. The molecule has 2 atom stereocenters. The number of ether oxygens (including phenoxy) is 1. The van der Waals surface area contributed by atoms with E-state index in [9.17, 15) is 0 Å². The fourth-order valence-corrected chi connectivity index (χ4v) is 1.72. The van der Waals surface area contributed by atoms with Crippen molar-refractivity contribution in [1.82, 2.24) is 10.6 Å². The van der Waals surface area contributed by atoms with E-state index in [2.05, 4.69) is 17.6 Å². The Morgan fingerprint density at radius 3 is 2.85 bits per heavy atom. The van der Waals surface area contributed by atoms with Crippen molar-refractivity contribution in [1.29, 1.82) is 0 Å². The quantitative estimate of drug-likeness (QED) is 0.666. The Labute approximate surface area is 85.2 Å². The summed E-state index contributed by atoms with van der Waals surface area (Å²) in [6.07, 6.45) is 1.51. The highest BCUT2D eigenvalue weighted by molar-refractivity contribution is 7.80. The molecule has 1 fully saturated rings. The van der Waals surface area contributed by atoms with Crippen molar-refractivity contribution in [3.05, 3.63) is 0 Å². The van der Waals surface area contributed by atoms with Crippen LogP contribution in [0.2, 0.25) is 0 Å². The molecule has 1 rings (SSSR count). The van der Waals surface area contributed by atoms with Crippen molar-refractivity contribution in [2.75, 3.05) is 19.7 Å². The molecule has 0 saturated carbocycles. The zero-order chi connectivity index (χ0) is 9.68. The van der Waals surface area contributed by atoms with Gasteiger partial charge in [-0.1, -0.05) is 0 Å². The molecule has 0 aromatic carbocycles. The zero-order valence-corrected chi connectivity index (χ0v) is 9.12. The lowest BCUT2D eigenvalue weighted by molar-refractivity contribution is 0.106. The summed E-state index contributed by atoms with van der Waals surface area (Å²) in [5.41, 5.74) is 0. The van der Waals surface area contributed by atoms with Crippen LogP contribution in [0.5, 0.6) is 0 Å². The Bertz CT molecular complexity index is 175. The molecule has 1 heterocycles. The Hall–Kier alpha value is -0.350. The number of thiocarbonyl (C=S) groups is 1. The SMILES string of the molecule is CCNC(=S)NCC1CCOC1C. The van der Waals surface area contributed by atoms with Gasteiger partial charge in [-0.2, -0.15) is 0 Å². The Kier molecular flexibility index (Phi) is 4.45. The molecule has 0 amide bonds. The van der Waals surface area contributed by atoms with Crippen molar-refractivity contribution < 1.29 is 4.74 Å². The molecule has 0 bridgehead atoms. The van der Waals surface area contributed by atoms with Crippen LogP contribution < -0.4 is 10.6 Å². The van der Waals surface area contributed by atoms with Crippen molar-refractivity contribution in [2.45, 2.75) is 26.4 Å². The van der Waals surface area contributed by atoms with Gasteiger partial charge < -0.3 is 15.4 Å². The largest absolute Gasteiger partial charge is 0.378 e. The maximum atomic E-state index is 5.45. The van der Waals surface area contributed by atoms with Gasteiger partial charge in [-0.15, -0.1) is 0 Å². The van der Waals surface area contributed by atoms with Crippen LogP contribution in [0.3, 0.4) is 0 Å². The first kappa shape index (κ1) is 10.7. The van der Waals surface area contributed by atoms with Gasteiger partial charge in [-0.3, -0.25) is 0 Å². The summed E-state index contributed by atoms with van der Waals surface area (Å²) in [5.74, 6) is 0.608. The number of hydrogen-bond donors (Lipinski definition) is 2. The number of hydrogen-bond acceptors (Lipinski definition) is 2. The molecule has 1 saturated heterocycles. The van der Waals surface area contributed by atoms with Crippen LogP contribution in [0.4, 0.5) is 0 Å². The molecule has 3 nitrogen and oxygen atoms in total. The highest BCUT2D eigenvalue weighted by Gasteiger charge is 2.23. The van der Waals surface area contributed by atoms with E-state index in [1.807, 2.05) is 6.92 Å². The second-order valence-corrected chi connectivity index (χ2v) is 3.77. The van der Waals surface area contributed by atoms with E-state index in [4.69, 9.17) is 17.0 Å². The average molecular weight is 202 g/mol. The fraction of sp³-hybridized carbons (Fsp3) is 0.889. The third-order valence-electron chi connectivity index (χ3n) is 2.40. The fourth-order valence-electron chi connectivity index (χ4n) is 1.49. The molecule has 0 spiro atoms. The van der Waals surface area contributed by atoms with Crippen LogP contribution >= 0.6 is 12.2 Å². The van der Waals surface area contributed by atoms with E-state index < -0.39 is 0 Å². The van der Waals surface area contributed by atoms with Gasteiger partial charge in [-0.25, -0.2) is 0 Å². The minimum absolute atomic E-state index is 0.372. The smallest absolute Gasteiger partial charge is 0.166 e. The Balaban J connectivity index is 2.14. The second-order valence-electron chi connectivity index (χ2n) is 3.37. The highest BCUT2D eigenvalue weighted by Crippen LogP contribution is 2.18. The Morgan fingerprint density at radius 1 is 1.54 bits per heavy atom. The van der Waals surface area contributed by atoms with Gasteiger partial charge in [-0.05, 0) is 32.5 Å². The monoisotopic (exact) mass is 202 g/mol. The predicted octanol–water partition coefficient (Wildman–Crippen LogP) is 0.895. The van der Waals surface area contributed by atoms with Gasteiger partial charge in [0.05, 0.1) is 6.10 Å². The van der Waals surface area contributed by atoms with Crippen LogP contribution in [0, 0.1) is 5.92 Å². The first-order valence-electron chi connectivity index (χ1n) is 4.87. The van der Waals surface area contributed by atoms with E-state index in [1.54, 1.807) is 0 Å². The van der Waals surface area contributed by atoms with Gasteiger partial charge in [0, 0.05) is 25.6 Å². The van der Waals surface area contributed by atoms with E-state index in [0.29, 0.717) is 12.0 Å². The second kappa shape index (κ2) is 5.40. The van der Waals surface area contributed by atoms with Crippen molar-refractivity contribution in [3.63, 3.8) is 0 Å². The third-order valence-corrected chi connectivity index (χ3v) is 2.68. The van der Waals surface area contributed by atoms with Crippen LogP contribution in [-0.2, 0) is 4.74 Å². The van der Waals surface area contributed by atoms with Gasteiger partial charge in [0.2, 0.25) is 0 Å². The summed E-state index contributed by atoms with van der Waals surface area (Å²) >= 11 is 5.06. The summed E-state index contributed by atoms with van der Waals surface area (Å²) in [5, 5.41) is 7.01. The molecule has 0 radical (unpaired) electrons. The van der Waals surface area contributed by atoms with Gasteiger partial charge in [0.1, 0.15) is 0 Å². The third kappa shape index (κ3) is 3.48. The van der Waals surface area contributed by atoms with Crippen molar-refractivity contribution >= 4 is 17.3 Å². The summed E-state index contributed by atoms with van der Waals surface area (Å²) in [4.78, 5) is 0. The first-order valence-corrected chi connectivity index (χ1v) is 5.28. The van der Waals surface area contributed by atoms with Gasteiger partial charge in [0.25, 0.3) is 0 Å². The van der Waals surface area contributed by atoms with E-state index in [1.165, 1.54) is 0 Å². The standard InChI is InChI=1S/C9H18N2OS/c1-3-10-9(13)11-6-8-4-5-12-7(8)2/h7-8H,3-6H2,1-2H3,(H2,10,11,13). The normalized spacial score (nSPS) is 27.2. The Morgan fingerprint density at radius 2 is 2.31 bits per heavy atom. The zero-order valence-electron chi connectivity index (χ0n) is 8.30. The van der Waals surface area contributed by atoms with Crippen molar-refractivity contribution in [2.24, 2.45) is 5.92 Å².